The van der Waals surface area contributed by atoms with Crippen LogP contribution in [0.5, 0.6) is 0 Å². The summed E-state index contributed by atoms with van der Waals surface area (Å²) < 4.78 is 0. The topological polar surface area (TPSA) is 97.8 Å². The Kier molecular flexibility index (Phi) is 1.81. The number of nitrogens with two attached hydrogens (primary N) is 1. The summed E-state index contributed by atoms with van der Waals surface area (Å²) >= 11 is 0. The van der Waals surface area contributed by atoms with Gasteiger partial charge in [0.15, 0.2) is 0 Å². The van der Waals surface area contributed by atoms with Crippen molar-refractivity contribution in [2.24, 2.45) is 5.73 Å². The van der Waals surface area contributed by atoms with Crippen molar-refractivity contribution in [2.75, 3.05) is 0 Å². The summed E-state index contributed by atoms with van der Waals surface area (Å²) in [6.45, 7) is 1.91. The highest BCUT2D eigenvalue weighted by molar-refractivity contribution is 5.33. The molecule has 0 aliphatic heterocycles. The van der Waals surface area contributed by atoms with Crippen LogP contribution in [-0.4, -0.2) is 21.2 Å². The van der Waals surface area contributed by atoms with Crippen LogP contribution in [0.4, 0.5) is 5.82 Å². The van der Waals surface area contributed by atoms with Crippen LogP contribution in [0.2, 0.25) is 0 Å². The van der Waals surface area contributed by atoms with Gasteiger partial charge in [0.1, 0.15) is 0 Å². The minimum Gasteiger partial charge on any atom is -0.358 e. The molecular formula is C8H12N4O2. The number of nitrogens with one attached hydrogen (secondary N) is 1. The first kappa shape index (κ1) is 9.14. The van der Waals surface area contributed by atoms with Crippen LogP contribution in [0.1, 0.15) is 25.5 Å². The Morgan fingerprint density at radius 3 is 2.79 bits per heavy atom. The Morgan fingerprint density at radius 1 is 1.79 bits per heavy atom. The van der Waals surface area contributed by atoms with Crippen LogP contribution < -0.4 is 5.73 Å². The van der Waals surface area contributed by atoms with E-state index in [0.29, 0.717) is 0 Å². The third-order valence-corrected chi connectivity index (χ3v) is 2.93. The molecule has 2 rings (SSSR count). The first-order valence-electron chi connectivity index (χ1n) is 4.52. The minimum atomic E-state index is -0.478. The van der Waals surface area contributed by atoms with E-state index in [-0.39, 0.29) is 17.3 Å². The summed E-state index contributed by atoms with van der Waals surface area (Å²) in [7, 11) is 0. The van der Waals surface area contributed by atoms with Gasteiger partial charge in [-0.3, -0.25) is 0 Å². The second kappa shape index (κ2) is 2.78. The monoisotopic (exact) mass is 196 g/mol. The molecule has 1 aliphatic carbocycles. The van der Waals surface area contributed by atoms with E-state index in [1.54, 1.807) is 0 Å². The van der Waals surface area contributed by atoms with Crippen molar-refractivity contribution in [3.8, 4) is 0 Å². The molecule has 1 fully saturated rings. The minimum absolute atomic E-state index is 0.00889. The molecule has 1 saturated carbocycles. The SMILES string of the molecule is CC(N)C1(c2cc([N+](=O)[O-])[nH]n2)CC1. The molecule has 1 atom stereocenters. The van der Waals surface area contributed by atoms with Crippen molar-refractivity contribution >= 4 is 5.82 Å². The lowest BCUT2D eigenvalue weighted by Crippen LogP contribution is -2.31. The highest BCUT2D eigenvalue weighted by Gasteiger charge is 2.50. The normalized spacial score (nSPS) is 20.4. The van der Waals surface area contributed by atoms with Crippen molar-refractivity contribution in [1.29, 1.82) is 0 Å². The Hall–Kier alpha value is -1.43. The van der Waals surface area contributed by atoms with Gasteiger partial charge in [0.2, 0.25) is 0 Å². The van der Waals surface area contributed by atoms with E-state index in [2.05, 4.69) is 10.2 Å². The second-order valence-electron chi connectivity index (χ2n) is 3.84. The number of rotatable bonds is 3. The van der Waals surface area contributed by atoms with E-state index in [9.17, 15) is 10.1 Å². The van der Waals surface area contributed by atoms with Crippen LogP contribution in [0.15, 0.2) is 6.07 Å². The summed E-state index contributed by atoms with van der Waals surface area (Å²) in [5.41, 5.74) is 6.43. The third-order valence-electron chi connectivity index (χ3n) is 2.93. The van der Waals surface area contributed by atoms with Gasteiger partial charge in [-0.25, -0.2) is 0 Å². The molecule has 76 valence electrons. The van der Waals surface area contributed by atoms with Crippen molar-refractivity contribution < 1.29 is 4.92 Å². The average Bonchev–Trinajstić information content (AvgIpc) is 2.77. The predicted octanol–water partition coefficient (Wildman–Crippen LogP) is 0.697. The summed E-state index contributed by atoms with van der Waals surface area (Å²) in [4.78, 5) is 9.96. The molecule has 6 nitrogen and oxygen atoms in total. The van der Waals surface area contributed by atoms with Crippen molar-refractivity contribution in [3.63, 3.8) is 0 Å². The zero-order valence-electron chi connectivity index (χ0n) is 7.86. The molecule has 1 aliphatic rings. The fourth-order valence-corrected chi connectivity index (χ4v) is 1.74. The Balaban J connectivity index is 2.29. The van der Waals surface area contributed by atoms with Gasteiger partial charge < -0.3 is 15.8 Å². The largest absolute Gasteiger partial charge is 0.358 e. The number of hydrogen-bond donors (Lipinski definition) is 2. The predicted molar refractivity (Wildman–Crippen MR) is 49.8 cm³/mol. The number of aromatic nitrogens is 2. The molecule has 0 amide bonds. The van der Waals surface area contributed by atoms with E-state index in [4.69, 9.17) is 5.73 Å². The van der Waals surface area contributed by atoms with E-state index in [1.807, 2.05) is 6.92 Å². The van der Waals surface area contributed by atoms with E-state index < -0.39 is 4.92 Å². The number of hydrogen-bond acceptors (Lipinski definition) is 4. The molecule has 1 unspecified atom stereocenters. The fraction of sp³-hybridized carbons (Fsp3) is 0.625. The lowest BCUT2D eigenvalue weighted by molar-refractivity contribution is -0.389. The zero-order chi connectivity index (χ0) is 10.3. The maximum absolute atomic E-state index is 10.4. The third kappa shape index (κ3) is 1.19. The zero-order valence-corrected chi connectivity index (χ0v) is 7.86. The first-order chi connectivity index (χ1) is 6.56. The molecule has 1 aromatic rings. The number of nitrogens with zero attached hydrogens (tertiary/aromatic N) is 2. The van der Waals surface area contributed by atoms with Crippen LogP contribution in [0, 0.1) is 10.1 Å². The Morgan fingerprint density at radius 2 is 2.43 bits per heavy atom. The quantitative estimate of drug-likeness (QED) is 0.549. The molecule has 6 heteroatoms. The average molecular weight is 196 g/mol. The fourth-order valence-electron chi connectivity index (χ4n) is 1.74. The lowest BCUT2D eigenvalue weighted by Gasteiger charge is -2.15. The molecule has 0 aromatic carbocycles. The summed E-state index contributed by atoms with van der Waals surface area (Å²) in [5.74, 6) is -0.0630. The molecule has 0 bridgehead atoms. The Bertz CT molecular complexity index is 367. The molecule has 1 aromatic heterocycles. The van der Waals surface area contributed by atoms with Gasteiger partial charge in [0.25, 0.3) is 0 Å². The molecule has 0 spiro atoms. The molecular weight excluding hydrogens is 184 g/mol. The second-order valence-corrected chi connectivity index (χ2v) is 3.84. The van der Waals surface area contributed by atoms with Crippen molar-refractivity contribution in [2.45, 2.75) is 31.2 Å². The van der Waals surface area contributed by atoms with Crippen LogP contribution in [0.3, 0.4) is 0 Å². The highest BCUT2D eigenvalue weighted by atomic mass is 16.6. The van der Waals surface area contributed by atoms with E-state index >= 15 is 0 Å². The lowest BCUT2D eigenvalue weighted by atomic mass is 9.95. The van der Waals surface area contributed by atoms with Crippen LogP contribution >= 0.6 is 0 Å². The number of aromatic amines is 1. The van der Waals surface area contributed by atoms with Gasteiger partial charge >= 0.3 is 5.82 Å². The Labute approximate surface area is 80.6 Å². The van der Waals surface area contributed by atoms with Crippen molar-refractivity contribution in [3.05, 3.63) is 21.9 Å². The van der Waals surface area contributed by atoms with E-state index in [0.717, 1.165) is 18.5 Å². The van der Waals surface area contributed by atoms with Crippen LogP contribution in [-0.2, 0) is 5.41 Å². The van der Waals surface area contributed by atoms with Gasteiger partial charge in [-0.2, -0.15) is 0 Å². The van der Waals surface area contributed by atoms with Gasteiger partial charge in [0, 0.05) is 11.5 Å². The van der Waals surface area contributed by atoms with Crippen molar-refractivity contribution in [1.82, 2.24) is 10.2 Å². The van der Waals surface area contributed by atoms with Gasteiger partial charge in [-0.15, -0.1) is 5.10 Å². The smallest absolute Gasteiger partial charge is 0.342 e. The molecule has 3 N–H and O–H groups in total. The summed E-state index contributed by atoms with van der Waals surface area (Å²) in [6, 6.07) is 1.47. The molecule has 0 radical (unpaired) electrons. The molecule has 14 heavy (non-hydrogen) atoms. The van der Waals surface area contributed by atoms with Gasteiger partial charge in [-0.1, -0.05) is 5.10 Å². The molecule has 0 saturated heterocycles. The maximum atomic E-state index is 10.4. The van der Waals surface area contributed by atoms with Gasteiger partial charge in [-0.05, 0) is 24.7 Å². The van der Waals surface area contributed by atoms with E-state index in [1.165, 1.54) is 6.07 Å². The summed E-state index contributed by atoms with van der Waals surface area (Å²) in [6.07, 6.45) is 1.93. The number of nitro groups is 1. The first-order valence-corrected chi connectivity index (χ1v) is 4.52. The summed E-state index contributed by atoms with van der Waals surface area (Å²) in [5, 5.41) is 16.8. The highest BCUT2D eigenvalue weighted by Crippen LogP contribution is 2.49. The molecule has 1 heterocycles. The van der Waals surface area contributed by atoms with Crippen LogP contribution in [0.25, 0.3) is 0 Å². The number of H-pyrrole nitrogens is 1. The van der Waals surface area contributed by atoms with Gasteiger partial charge in [0.05, 0.1) is 11.8 Å². The maximum Gasteiger partial charge on any atom is 0.342 e. The standard InChI is InChI=1S/C8H12N4O2/c1-5(9)8(2-3-8)6-4-7(11-10-6)12(13)14/h4-5H,2-3,9H2,1H3,(H,10,11).